The molecule has 51 heavy (non-hydrogen) atoms. The second-order valence-electron chi connectivity index (χ2n) is 12.0. The summed E-state index contributed by atoms with van der Waals surface area (Å²) in [5.74, 6) is -3.84. The number of carboxylic acids is 1. The molecule has 4 aromatic rings. The Morgan fingerprint density at radius 3 is 2.47 bits per heavy atom. The van der Waals surface area contributed by atoms with Gasteiger partial charge in [0.1, 0.15) is 23.5 Å². The summed E-state index contributed by atoms with van der Waals surface area (Å²) in [6.07, 6.45) is 1.63. The standard InChI is InChI=1S/C35H28ClF3N6O5S/c1-50-34(48)29-27(41-31(32-40-8-11-51-32)42-30(29)22-6-4-20(37)14-24(22)36)17-43-9-10-44-21(15-43)16-45(35(44)49)28-7-3-19(13-26(28)39)18-2-5-23(33(46)47)25(38)12-18/h2-8,11-14,21,30H,9-10,15-17H2,1H3,(H,41,42)(H,46,47). The van der Waals surface area contributed by atoms with E-state index in [9.17, 15) is 23.2 Å². The molecule has 1 aromatic heterocycles. The molecule has 0 saturated carbocycles. The van der Waals surface area contributed by atoms with Gasteiger partial charge in [0, 0.05) is 60.6 Å². The number of thiazole rings is 1. The molecule has 3 aliphatic rings. The van der Waals surface area contributed by atoms with Gasteiger partial charge >= 0.3 is 18.0 Å². The summed E-state index contributed by atoms with van der Waals surface area (Å²) in [6.45, 7) is 1.56. The number of amides is 2. The van der Waals surface area contributed by atoms with E-state index < -0.39 is 41.0 Å². The first-order chi connectivity index (χ1) is 24.5. The highest BCUT2D eigenvalue weighted by Gasteiger charge is 2.43. The highest BCUT2D eigenvalue weighted by Crippen LogP contribution is 2.38. The number of halogens is 4. The van der Waals surface area contributed by atoms with E-state index >= 15 is 4.39 Å². The Kier molecular flexibility index (Phi) is 9.26. The maximum absolute atomic E-state index is 15.6. The first-order valence-corrected chi connectivity index (χ1v) is 16.9. The molecule has 4 heterocycles. The number of aromatic carboxylic acids is 1. The van der Waals surface area contributed by atoms with E-state index in [0.717, 1.165) is 18.2 Å². The second kappa shape index (κ2) is 13.8. The summed E-state index contributed by atoms with van der Waals surface area (Å²) in [4.78, 5) is 52.3. The van der Waals surface area contributed by atoms with Crippen molar-refractivity contribution < 1.29 is 37.4 Å². The highest BCUT2D eigenvalue weighted by molar-refractivity contribution is 7.11. The molecule has 3 aromatic carbocycles. The van der Waals surface area contributed by atoms with Crippen LogP contribution >= 0.6 is 22.9 Å². The molecule has 2 fully saturated rings. The number of nitrogens with zero attached hydrogens (tertiary/aromatic N) is 5. The lowest BCUT2D eigenvalue weighted by molar-refractivity contribution is -0.136. The van der Waals surface area contributed by atoms with Gasteiger partial charge in [-0.1, -0.05) is 29.8 Å². The van der Waals surface area contributed by atoms with Crippen LogP contribution in [0.3, 0.4) is 0 Å². The fraction of sp³-hybridized carbons (Fsp3) is 0.229. The Morgan fingerprint density at radius 1 is 1.04 bits per heavy atom. The van der Waals surface area contributed by atoms with Crippen molar-refractivity contribution in [3.63, 3.8) is 0 Å². The van der Waals surface area contributed by atoms with Crippen molar-refractivity contribution in [1.82, 2.24) is 20.1 Å². The molecular weight excluding hydrogens is 709 g/mol. The minimum absolute atomic E-state index is 0.0558. The van der Waals surface area contributed by atoms with E-state index in [1.54, 1.807) is 22.5 Å². The molecule has 0 radical (unpaired) electrons. The van der Waals surface area contributed by atoms with Crippen LogP contribution < -0.4 is 10.2 Å². The van der Waals surface area contributed by atoms with E-state index in [-0.39, 0.29) is 47.0 Å². The summed E-state index contributed by atoms with van der Waals surface area (Å²) in [5, 5.41) is 14.8. The molecule has 2 atom stereocenters. The number of fused-ring (bicyclic) bond motifs is 1. The number of hydrogen-bond donors (Lipinski definition) is 2. The van der Waals surface area contributed by atoms with Crippen molar-refractivity contribution in [2.24, 2.45) is 4.99 Å². The first kappa shape index (κ1) is 34.2. The van der Waals surface area contributed by atoms with Crippen LogP contribution in [-0.4, -0.2) is 89.6 Å². The van der Waals surface area contributed by atoms with Crippen molar-refractivity contribution in [2.75, 3.05) is 44.7 Å². The van der Waals surface area contributed by atoms with Crippen LogP contribution in [-0.2, 0) is 9.53 Å². The number of carboxylic acid groups (broad SMARTS) is 1. The lowest BCUT2D eigenvalue weighted by Crippen LogP contribution is -2.53. The van der Waals surface area contributed by atoms with Crippen molar-refractivity contribution in [3.05, 3.63) is 116 Å². The number of aromatic nitrogens is 1. The van der Waals surface area contributed by atoms with Gasteiger partial charge < -0.3 is 20.1 Å². The van der Waals surface area contributed by atoms with Gasteiger partial charge in [-0.25, -0.2) is 32.5 Å². The van der Waals surface area contributed by atoms with Gasteiger partial charge in [0.25, 0.3) is 0 Å². The van der Waals surface area contributed by atoms with E-state index in [0.29, 0.717) is 47.3 Å². The number of esters is 1. The zero-order valence-corrected chi connectivity index (χ0v) is 28.3. The van der Waals surface area contributed by atoms with Gasteiger partial charge in [-0.2, -0.15) is 0 Å². The summed E-state index contributed by atoms with van der Waals surface area (Å²) < 4.78 is 49.1. The van der Waals surface area contributed by atoms with E-state index in [1.807, 2.05) is 0 Å². The number of urea groups is 1. The van der Waals surface area contributed by atoms with Gasteiger partial charge in [0.2, 0.25) is 0 Å². The number of carbonyl (C=O) groups excluding carboxylic acids is 2. The number of ether oxygens (including phenoxy) is 1. The maximum Gasteiger partial charge on any atom is 0.338 e. The second-order valence-corrected chi connectivity index (χ2v) is 13.3. The molecule has 2 unspecified atom stereocenters. The molecule has 0 bridgehead atoms. The van der Waals surface area contributed by atoms with Crippen molar-refractivity contribution in [2.45, 2.75) is 12.1 Å². The lowest BCUT2D eigenvalue weighted by atomic mass is 9.95. The summed E-state index contributed by atoms with van der Waals surface area (Å²) in [5.41, 5.74) is 1.25. The predicted molar refractivity (Wildman–Crippen MR) is 183 cm³/mol. The van der Waals surface area contributed by atoms with E-state index in [1.165, 1.54) is 53.7 Å². The maximum atomic E-state index is 15.6. The zero-order chi connectivity index (χ0) is 36.0. The van der Waals surface area contributed by atoms with Gasteiger partial charge in [-0.15, -0.1) is 11.3 Å². The third-order valence-electron chi connectivity index (χ3n) is 9.01. The van der Waals surface area contributed by atoms with Gasteiger partial charge in [-0.3, -0.25) is 14.8 Å². The molecule has 3 aliphatic heterocycles. The average Bonchev–Trinajstić information content (AvgIpc) is 3.76. The minimum Gasteiger partial charge on any atom is -0.478 e. The fourth-order valence-electron chi connectivity index (χ4n) is 6.58. The number of anilines is 1. The van der Waals surface area contributed by atoms with Crippen molar-refractivity contribution in [3.8, 4) is 11.1 Å². The smallest absolute Gasteiger partial charge is 0.338 e. The third kappa shape index (κ3) is 6.55. The molecule has 0 aliphatic carbocycles. The van der Waals surface area contributed by atoms with Crippen LogP contribution in [0, 0.1) is 17.5 Å². The van der Waals surface area contributed by atoms with Crippen LogP contribution in [0.25, 0.3) is 11.1 Å². The Bertz CT molecular complexity index is 2130. The van der Waals surface area contributed by atoms with E-state index in [4.69, 9.17) is 26.4 Å². The largest absolute Gasteiger partial charge is 0.478 e. The molecule has 2 N–H and O–H groups in total. The lowest BCUT2D eigenvalue weighted by Gasteiger charge is -2.38. The van der Waals surface area contributed by atoms with Crippen molar-refractivity contribution >= 4 is 52.4 Å². The molecule has 11 nitrogen and oxygen atoms in total. The number of carbonyl (C=O) groups is 3. The third-order valence-corrected chi connectivity index (χ3v) is 10.1. The number of piperazine rings is 1. The minimum atomic E-state index is -1.41. The molecule has 0 spiro atoms. The van der Waals surface area contributed by atoms with Crippen LogP contribution in [0.2, 0.25) is 5.02 Å². The normalized spacial score (nSPS) is 19.2. The van der Waals surface area contributed by atoms with Crippen molar-refractivity contribution in [1.29, 1.82) is 0 Å². The van der Waals surface area contributed by atoms with Gasteiger partial charge in [0.05, 0.1) is 30.0 Å². The van der Waals surface area contributed by atoms with Crippen LogP contribution in [0.15, 0.2) is 82.4 Å². The zero-order valence-electron chi connectivity index (χ0n) is 26.8. The molecule has 262 valence electrons. The quantitative estimate of drug-likeness (QED) is 0.220. The van der Waals surface area contributed by atoms with Crippen LogP contribution in [0.4, 0.5) is 23.7 Å². The Balaban J connectivity index is 1.13. The predicted octanol–water partition coefficient (Wildman–Crippen LogP) is 5.72. The number of benzene rings is 3. The van der Waals surface area contributed by atoms with E-state index in [2.05, 4.69) is 15.2 Å². The SMILES string of the molecule is COC(=O)C1=C(CN2CCN3C(=O)N(c4ccc(-c5ccc(C(=O)O)c(F)c5)cc4F)CC3C2)NC(c2nccs2)=NC1c1ccc(F)cc1Cl. The summed E-state index contributed by atoms with van der Waals surface area (Å²) >= 11 is 7.81. The van der Waals surface area contributed by atoms with Gasteiger partial charge in [0.15, 0.2) is 10.8 Å². The number of amidine groups is 1. The Hall–Kier alpha value is -5.25. The molecule has 2 saturated heterocycles. The number of hydrogen-bond acceptors (Lipinski definition) is 9. The van der Waals surface area contributed by atoms with Crippen LogP contribution in [0.5, 0.6) is 0 Å². The monoisotopic (exact) mass is 736 g/mol. The number of aliphatic imine (C=N–C) groups is 1. The number of rotatable bonds is 8. The summed E-state index contributed by atoms with van der Waals surface area (Å²) in [6, 6.07) is 9.98. The number of methoxy groups -OCH3 is 1. The molecular formula is C35H28ClF3N6O5S. The first-order valence-electron chi connectivity index (χ1n) is 15.7. The van der Waals surface area contributed by atoms with Gasteiger partial charge in [-0.05, 0) is 47.5 Å². The Morgan fingerprint density at radius 2 is 1.80 bits per heavy atom. The molecule has 2 amide bonds. The number of nitrogens with one attached hydrogen (secondary N) is 1. The highest BCUT2D eigenvalue weighted by atomic mass is 35.5. The summed E-state index contributed by atoms with van der Waals surface area (Å²) in [7, 11) is 1.26. The average molecular weight is 737 g/mol. The fourth-order valence-corrected chi connectivity index (χ4v) is 7.44. The topological polar surface area (TPSA) is 128 Å². The molecule has 16 heteroatoms. The molecule has 7 rings (SSSR count). The Labute approximate surface area is 298 Å². The van der Waals surface area contributed by atoms with Crippen LogP contribution in [0.1, 0.15) is 27.0 Å².